The smallest absolute Gasteiger partial charge is 0.315 e. The van der Waals surface area contributed by atoms with Crippen LogP contribution in [-0.4, -0.2) is 71.3 Å². The van der Waals surface area contributed by atoms with Crippen LogP contribution in [0, 0.1) is 11.3 Å². The van der Waals surface area contributed by atoms with E-state index in [1.54, 1.807) is 16.2 Å². The third-order valence-corrected chi connectivity index (χ3v) is 9.48. The summed E-state index contributed by atoms with van der Waals surface area (Å²) in [5.41, 5.74) is 7.62. The molecule has 11 heteroatoms. The highest BCUT2D eigenvalue weighted by Crippen LogP contribution is 2.38. The quantitative estimate of drug-likeness (QED) is 0.423. The van der Waals surface area contributed by atoms with E-state index < -0.39 is 17.7 Å². The van der Waals surface area contributed by atoms with Gasteiger partial charge in [-0.1, -0.05) is 19.9 Å². The standard InChI is InChI=1S/C30H38N6O4S/c1-18-5-8-22(36(17-18)29(39)27(38)33-24-10-7-20(26(31)37)28(34-24)40-4)19-6-9-23-21(15-19)32-25(41-23)16-30(2)11-13-35(3)14-12-30/h6-7,9-10,15,18,22H,5,8,11-14,16-17H2,1-4H3,(H2,31,37)(H,33,34,38)/t18-,22+/m0/s1. The van der Waals surface area contributed by atoms with Crippen LogP contribution in [0.5, 0.6) is 5.88 Å². The molecule has 3 amide bonds. The molecule has 2 atom stereocenters. The Bertz CT molecular complexity index is 1460. The van der Waals surface area contributed by atoms with Crippen molar-refractivity contribution in [2.24, 2.45) is 17.1 Å². The molecule has 0 unspecified atom stereocenters. The van der Waals surface area contributed by atoms with Gasteiger partial charge < -0.3 is 25.6 Å². The molecule has 2 aliphatic heterocycles. The van der Waals surface area contributed by atoms with E-state index in [0.29, 0.717) is 6.54 Å². The number of nitrogens with one attached hydrogen (secondary N) is 1. The first-order valence-corrected chi connectivity index (χ1v) is 14.9. The van der Waals surface area contributed by atoms with Gasteiger partial charge in [-0.3, -0.25) is 14.4 Å². The third-order valence-electron chi connectivity index (χ3n) is 8.45. The number of carbonyl (C=O) groups is 3. The van der Waals surface area contributed by atoms with Crippen molar-refractivity contribution in [1.29, 1.82) is 0 Å². The Morgan fingerprint density at radius 2 is 1.90 bits per heavy atom. The van der Waals surface area contributed by atoms with Gasteiger partial charge in [-0.2, -0.15) is 4.98 Å². The van der Waals surface area contributed by atoms with Crippen LogP contribution >= 0.6 is 11.3 Å². The van der Waals surface area contributed by atoms with E-state index in [1.807, 2.05) is 0 Å². The highest BCUT2D eigenvalue weighted by Gasteiger charge is 2.35. The number of anilines is 1. The number of likely N-dealkylation sites (tertiary alicyclic amines) is 2. The van der Waals surface area contributed by atoms with Crippen LogP contribution in [0.4, 0.5) is 5.82 Å². The molecule has 0 aliphatic carbocycles. The molecular weight excluding hydrogens is 540 g/mol. The van der Waals surface area contributed by atoms with Crippen LogP contribution in [0.15, 0.2) is 30.3 Å². The highest BCUT2D eigenvalue weighted by atomic mass is 32.1. The van der Waals surface area contributed by atoms with Gasteiger partial charge >= 0.3 is 11.8 Å². The van der Waals surface area contributed by atoms with Crippen LogP contribution < -0.4 is 15.8 Å². The Hall–Kier alpha value is -3.57. The van der Waals surface area contributed by atoms with E-state index in [0.717, 1.165) is 53.1 Å². The van der Waals surface area contributed by atoms with Gasteiger partial charge in [0.25, 0.3) is 5.91 Å². The number of benzene rings is 1. The summed E-state index contributed by atoms with van der Waals surface area (Å²) in [6.45, 7) is 7.16. The number of methoxy groups -OCH3 is 1. The number of amides is 3. The Balaban J connectivity index is 1.34. The van der Waals surface area contributed by atoms with Crippen LogP contribution in [0.1, 0.15) is 66.5 Å². The van der Waals surface area contributed by atoms with Crippen LogP contribution in [0.2, 0.25) is 0 Å². The summed E-state index contributed by atoms with van der Waals surface area (Å²) in [6, 6.07) is 8.84. The molecule has 3 aromatic rings. The highest BCUT2D eigenvalue weighted by molar-refractivity contribution is 7.18. The number of hydrogen-bond donors (Lipinski definition) is 2. The van der Waals surface area contributed by atoms with Crippen molar-refractivity contribution in [2.75, 3.05) is 39.1 Å². The molecule has 10 nitrogen and oxygen atoms in total. The topological polar surface area (TPSA) is 131 Å². The van der Waals surface area contributed by atoms with E-state index in [1.165, 1.54) is 32.1 Å². The summed E-state index contributed by atoms with van der Waals surface area (Å²) >= 11 is 1.75. The SMILES string of the molecule is COc1nc(NC(=O)C(=O)N2C[C@@H](C)CC[C@@H]2c2ccc3sc(CC4(C)CCN(C)CC4)nc3c2)ccc1C(N)=O. The molecule has 3 N–H and O–H groups in total. The number of pyridine rings is 1. The van der Waals surface area contributed by atoms with Gasteiger partial charge in [0.15, 0.2) is 0 Å². The fraction of sp³-hybridized carbons (Fsp3) is 0.500. The minimum absolute atomic E-state index is 0.0204. The van der Waals surface area contributed by atoms with Crippen LogP contribution in [0.3, 0.4) is 0 Å². The maximum absolute atomic E-state index is 13.5. The fourth-order valence-corrected chi connectivity index (χ4v) is 7.02. The summed E-state index contributed by atoms with van der Waals surface area (Å²) in [7, 11) is 3.53. The van der Waals surface area contributed by atoms with Gasteiger partial charge in [0.2, 0.25) is 5.88 Å². The minimum atomic E-state index is -0.797. The zero-order chi connectivity index (χ0) is 29.3. The van der Waals surface area contributed by atoms with Gasteiger partial charge in [0, 0.05) is 13.0 Å². The summed E-state index contributed by atoms with van der Waals surface area (Å²) in [4.78, 5) is 51.3. The van der Waals surface area contributed by atoms with Crippen molar-refractivity contribution in [3.05, 3.63) is 46.5 Å². The van der Waals surface area contributed by atoms with Gasteiger partial charge in [-0.15, -0.1) is 11.3 Å². The van der Waals surface area contributed by atoms with Crippen molar-refractivity contribution in [3.8, 4) is 5.88 Å². The summed E-state index contributed by atoms with van der Waals surface area (Å²) < 4.78 is 6.26. The number of carbonyl (C=O) groups excluding carboxylic acids is 3. The first-order valence-electron chi connectivity index (χ1n) is 14.1. The lowest BCUT2D eigenvalue weighted by Gasteiger charge is -2.38. The van der Waals surface area contributed by atoms with E-state index in [9.17, 15) is 14.4 Å². The van der Waals surface area contributed by atoms with Gasteiger partial charge in [-0.05, 0) is 87.0 Å². The number of ether oxygens (including phenoxy) is 1. The minimum Gasteiger partial charge on any atom is -0.480 e. The zero-order valence-electron chi connectivity index (χ0n) is 24.1. The van der Waals surface area contributed by atoms with E-state index in [-0.39, 0.29) is 34.6 Å². The molecule has 41 heavy (non-hydrogen) atoms. The van der Waals surface area contributed by atoms with Crippen LogP contribution in [-0.2, 0) is 16.0 Å². The van der Waals surface area contributed by atoms with Gasteiger partial charge in [0.05, 0.1) is 28.4 Å². The first kappa shape index (κ1) is 28.9. The second-order valence-corrected chi connectivity index (χ2v) is 13.0. The average molecular weight is 579 g/mol. The fourth-order valence-electron chi connectivity index (χ4n) is 5.85. The Labute approximate surface area is 244 Å². The molecule has 2 aliphatic rings. The maximum Gasteiger partial charge on any atom is 0.315 e. The third kappa shape index (κ3) is 6.36. The number of primary amides is 1. The number of rotatable bonds is 6. The lowest BCUT2D eigenvalue weighted by atomic mass is 9.78. The number of nitrogens with zero attached hydrogens (tertiary/aromatic N) is 4. The van der Waals surface area contributed by atoms with E-state index in [2.05, 4.69) is 54.3 Å². The molecule has 4 heterocycles. The molecule has 0 radical (unpaired) electrons. The van der Waals surface area contributed by atoms with Gasteiger partial charge in [-0.25, -0.2) is 4.98 Å². The predicted molar refractivity (Wildman–Crippen MR) is 159 cm³/mol. The van der Waals surface area contributed by atoms with Crippen LogP contribution in [0.25, 0.3) is 10.2 Å². The summed E-state index contributed by atoms with van der Waals surface area (Å²) in [5, 5.41) is 3.71. The normalized spacial score (nSPS) is 21.0. The van der Waals surface area contributed by atoms with Crippen molar-refractivity contribution in [3.63, 3.8) is 0 Å². The summed E-state index contributed by atoms with van der Waals surface area (Å²) in [6.07, 6.45) is 5.02. The molecule has 5 rings (SSSR count). The second kappa shape index (κ2) is 11.7. The van der Waals surface area contributed by atoms with Crippen molar-refractivity contribution in [2.45, 2.75) is 52.0 Å². The van der Waals surface area contributed by atoms with E-state index in [4.69, 9.17) is 15.5 Å². The zero-order valence-corrected chi connectivity index (χ0v) is 24.9. The number of nitrogens with two attached hydrogens (primary N) is 1. The average Bonchev–Trinajstić information content (AvgIpc) is 3.35. The number of aromatic nitrogens is 2. The Morgan fingerprint density at radius 1 is 1.15 bits per heavy atom. The van der Waals surface area contributed by atoms with Gasteiger partial charge in [0.1, 0.15) is 11.4 Å². The molecule has 0 spiro atoms. The van der Waals surface area contributed by atoms with Crippen molar-refractivity contribution >= 4 is 45.1 Å². The molecule has 1 aromatic carbocycles. The molecule has 0 saturated carbocycles. The predicted octanol–water partition coefficient (Wildman–Crippen LogP) is 4.01. The largest absolute Gasteiger partial charge is 0.480 e. The number of thiazole rings is 1. The number of hydrogen-bond acceptors (Lipinski definition) is 8. The number of fused-ring (bicyclic) bond motifs is 1. The molecular formula is C30H38N6O4S. The Morgan fingerprint density at radius 3 is 2.61 bits per heavy atom. The Kier molecular flexibility index (Phi) is 8.28. The monoisotopic (exact) mass is 578 g/mol. The number of piperidine rings is 2. The lowest BCUT2D eigenvalue weighted by Crippen LogP contribution is -2.46. The molecule has 2 aromatic heterocycles. The van der Waals surface area contributed by atoms with E-state index >= 15 is 0 Å². The molecule has 2 saturated heterocycles. The first-order chi connectivity index (χ1) is 19.5. The van der Waals surface area contributed by atoms with Crippen molar-refractivity contribution < 1.29 is 19.1 Å². The second-order valence-electron chi connectivity index (χ2n) is 11.9. The maximum atomic E-state index is 13.5. The van der Waals surface area contributed by atoms with Crippen molar-refractivity contribution in [1.82, 2.24) is 19.8 Å². The molecule has 2 fully saturated rings. The lowest BCUT2D eigenvalue weighted by molar-refractivity contribution is -0.146. The molecule has 0 bridgehead atoms. The molecule has 218 valence electrons. The summed E-state index contributed by atoms with van der Waals surface area (Å²) in [5.74, 6) is -1.78.